The summed E-state index contributed by atoms with van der Waals surface area (Å²) < 4.78 is 1.61. The van der Waals surface area contributed by atoms with Crippen LogP contribution in [0.15, 0.2) is 12.4 Å². The first kappa shape index (κ1) is 12.0. The predicted octanol–water partition coefficient (Wildman–Crippen LogP) is 1.26. The molecule has 0 aromatic carbocycles. The smallest absolute Gasteiger partial charge is 0.244 e. The van der Waals surface area contributed by atoms with Crippen LogP contribution in [0.25, 0.3) is 0 Å². The molecule has 0 saturated heterocycles. The molecule has 17 heavy (non-hydrogen) atoms. The van der Waals surface area contributed by atoms with E-state index in [0.29, 0.717) is 18.3 Å². The lowest BCUT2D eigenvalue weighted by Crippen LogP contribution is -2.36. The number of hydrogen-bond donors (Lipinski definition) is 1. The molecule has 94 valence electrons. The second-order valence-corrected chi connectivity index (χ2v) is 4.64. The number of amides is 1. The molecule has 5 nitrogen and oxygen atoms in total. The number of nitrogens with two attached hydrogens (primary N) is 1. The normalized spacial score (nSPS) is 14.9. The van der Waals surface area contributed by atoms with Crippen molar-refractivity contribution in [2.24, 2.45) is 0 Å². The van der Waals surface area contributed by atoms with Crippen molar-refractivity contribution in [1.29, 1.82) is 0 Å². The molecule has 1 amide bonds. The van der Waals surface area contributed by atoms with Crippen molar-refractivity contribution < 1.29 is 4.79 Å². The number of carbonyl (C=O) groups excluding carboxylic acids is 1. The molecule has 0 radical (unpaired) electrons. The molecule has 1 aliphatic rings. The molecule has 0 aliphatic heterocycles. The van der Waals surface area contributed by atoms with E-state index in [9.17, 15) is 4.79 Å². The molecule has 5 heteroatoms. The third-order valence-electron chi connectivity index (χ3n) is 3.01. The second kappa shape index (κ2) is 5.21. The monoisotopic (exact) mass is 236 g/mol. The van der Waals surface area contributed by atoms with E-state index in [4.69, 9.17) is 5.73 Å². The summed E-state index contributed by atoms with van der Waals surface area (Å²) in [6.45, 7) is 3.32. The maximum absolute atomic E-state index is 12.1. The Balaban J connectivity index is 1.91. The molecule has 0 unspecified atom stereocenters. The Bertz CT molecular complexity index is 384. The highest BCUT2D eigenvalue weighted by atomic mass is 16.2. The SMILES string of the molecule is CCCCN(C(=O)Cn1cc(N)cn1)C1CC1. The maximum Gasteiger partial charge on any atom is 0.244 e. The largest absolute Gasteiger partial charge is 0.396 e. The van der Waals surface area contributed by atoms with Crippen LogP contribution in [0, 0.1) is 0 Å². The molecule has 0 spiro atoms. The van der Waals surface area contributed by atoms with E-state index in [2.05, 4.69) is 12.0 Å². The number of hydrogen-bond acceptors (Lipinski definition) is 3. The highest BCUT2D eigenvalue weighted by molar-refractivity contribution is 5.76. The topological polar surface area (TPSA) is 64.2 Å². The third-order valence-corrected chi connectivity index (χ3v) is 3.01. The summed E-state index contributed by atoms with van der Waals surface area (Å²) in [5, 5.41) is 4.04. The molecule has 1 saturated carbocycles. The Hall–Kier alpha value is -1.52. The van der Waals surface area contributed by atoms with E-state index in [-0.39, 0.29) is 5.91 Å². The Labute approximate surface area is 102 Å². The lowest BCUT2D eigenvalue weighted by atomic mass is 10.3. The Morgan fingerprint density at radius 3 is 2.94 bits per heavy atom. The van der Waals surface area contributed by atoms with Crippen LogP contribution >= 0.6 is 0 Å². The van der Waals surface area contributed by atoms with Gasteiger partial charge in [-0.1, -0.05) is 13.3 Å². The van der Waals surface area contributed by atoms with Crippen molar-refractivity contribution >= 4 is 11.6 Å². The number of carbonyl (C=O) groups is 1. The summed E-state index contributed by atoms with van der Waals surface area (Å²) >= 11 is 0. The minimum absolute atomic E-state index is 0.157. The zero-order chi connectivity index (χ0) is 12.3. The van der Waals surface area contributed by atoms with Crippen LogP contribution in [-0.4, -0.2) is 33.2 Å². The maximum atomic E-state index is 12.1. The molecule has 0 atom stereocenters. The van der Waals surface area contributed by atoms with Crippen LogP contribution in [0.3, 0.4) is 0 Å². The van der Waals surface area contributed by atoms with Crippen LogP contribution < -0.4 is 5.73 Å². The van der Waals surface area contributed by atoms with Gasteiger partial charge in [0.1, 0.15) is 6.54 Å². The van der Waals surface area contributed by atoms with Gasteiger partial charge in [0.2, 0.25) is 5.91 Å². The molecule has 0 bridgehead atoms. The standard InChI is InChI=1S/C12H20N4O/c1-2-3-6-16(11-4-5-11)12(17)9-15-8-10(13)7-14-15/h7-8,11H,2-6,9,13H2,1H3. The van der Waals surface area contributed by atoms with Gasteiger partial charge in [0.05, 0.1) is 11.9 Å². The fourth-order valence-corrected chi connectivity index (χ4v) is 1.92. The molecular weight excluding hydrogens is 216 g/mol. The first-order chi connectivity index (χ1) is 8.20. The summed E-state index contributed by atoms with van der Waals surface area (Å²) in [4.78, 5) is 14.1. The van der Waals surface area contributed by atoms with Crippen molar-refractivity contribution in [2.75, 3.05) is 12.3 Å². The zero-order valence-electron chi connectivity index (χ0n) is 10.3. The van der Waals surface area contributed by atoms with Gasteiger partial charge in [-0.3, -0.25) is 9.48 Å². The number of nitrogens with zero attached hydrogens (tertiary/aromatic N) is 3. The van der Waals surface area contributed by atoms with E-state index >= 15 is 0 Å². The Kier molecular flexibility index (Phi) is 3.66. The van der Waals surface area contributed by atoms with Gasteiger partial charge in [-0.05, 0) is 19.3 Å². The fraction of sp³-hybridized carbons (Fsp3) is 0.667. The summed E-state index contributed by atoms with van der Waals surface area (Å²) in [6, 6.07) is 0.474. The van der Waals surface area contributed by atoms with Crippen molar-refractivity contribution in [3.05, 3.63) is 12.4 Å². The average molecular weight is 236 g/mol. The lowest BCUT2D eigenvalue weighted by molar-refractivity contribution is -0.132. The van der Waals surface area contributed by atoms with Gasteiger partial charge in [-0.2, -0.15) is 5.10 Å². The molecule has 2 N–H and O–H groups in total. The van der Waals surface area contributed by atoms with E-state index in [1.54, 1.807) is 17.1 Å². The number of unbranched alkanes of at least 4 members (excludes halogenated alkanes) is 1. The number of anilines is 1. The Morgan fingerprint density at radius 1 is 1.65 bits per heavy atom. The first-order valence-electron chi connectivity index (χ1n) is 6.28. The third kappa shape index (κ3) is 3.22. The van der Waals surface area contributed by atoms with E-state index in [1.165, 1.54) is 0 Å². The Morgan fingerprint density at radius 2 is 2.41 bits per heavy atom. The van der Waals surface area contributed by atoms with Crippen molar-refractivity contribution in [1.82, 2.24) is 14.7 Å². The van der Waals surface area contributed by atoms with Crippen molar-refractivity contribution in [3.8, 4) is 0 Å². The van der Waals surface area contributed by atoms with Gasteiger partial charge >= 0.3 is 0 Å². The first-order valence-corrected chi connectivity index (χ1v) is 6.28. The summed E-state index contributed by atoms with van der Waals surface area (Å²) in [6.07, 6.45) is 7.76. The minimum atomic E-state index is 0.157. The van der Waals surface area contributed by atoms with E-state index < -0.39 is 0 Å². The summed E-state index contributed by atoms with van der Waals surface area (Å²) in [5.74, 6) is 0.157. The molecule has 2 rings (SSSR count). The van der Waals surface area contributed by atoms with Crippen molar-refractivity contribution in [3.63, 3.8) is 0 Å². The summed E-state index contributed by atoms with van der Waals surface area (Å²) in [7, 11) is 0. The molecule has 1 aromatic rings. The van der Waals surface area contributed by atoms with Crippen LogP contribution in [-0.2, 0) is 11.3 Å². The minimum Gasteiger partial charge on any atom is -0.396 e. The predicted molar refractivity (Wildman–Crippen MR) is 66.3 cm³/mol. The quantitative estimate of drug-likeness (QED) is 0.808. The van der Waals surface area contributed by atoms with Gasteiger partial charge in [-0.15, -0.1) is 0 Å². The molecule has 1 heterocycles. The highest BCUT2D eigenvalue weighted by Gasteiger charge is 2.31. The van der Waals surface area contributed by atoms with Gasteiger partial charge in [0, 0.05) is 18.8 Å². The molecule has 1 aromatic heterocycles. The molecule has 1 fully saturated rings. The lowest BCUT2D eigenvalue weighted by Gasteiger charge is -2.22. The highest BCUT2D eigenvalue weighted by Crippen LogP contribution is 2.27. The zero-order valence-corrected chi connectivity index (χ0v) is 10.3. The van der Waals surface area contributed by atoms with Crippen LogP contribution in [0.2, 0.25) is 0 Å². The van der Waals surface area contributed by atoms with Gasteiger partial charge in [-0.25, -0.2) is 0 Å². The number of rotatable bonds is 6. The molecule has 1 aliphatic carbocycles. The van der Waals surface area contributed by atoms with Gasteiger partial charge in [0.25, 0.3) is 0 Å². The van der Waals surface area contributed by atoms with Crippen molar-refractivity contribution in [2.45, 2.75) is 45.2 Å². The molecular formula is C12H20N4O. The average Bonchev–Trinajstić information content (AvgIpc) is 3.04. The number of nitrogen functional groups attached to an aromatic ring is 1. The van der Waals surface area contributed by atoms with Crippen LogP contribution in [0.4, 0.5) is 5.69 Å². The van der Waals surface area contributed by atoms with E-state index in [1.807, 2.05) is 4.90 Å². The van der Waals surface area contributed by atoms with E-state index in [0.717, 1.165) is 32.2 Å². The van der Waals surface area contributed by atoms with Crippen LogP contribution in [0.5, 0.6) is 0 Å². The number of aromatic nitrogens is 2. The summed E-state index contributed by atoms with van der Waals surface area (Å²) in [5.41, 5.74) is 6.18. The fourth-order valence-electron chi connectivity index (χ4n) is 1.92. The van der Waals surface area contributed by atoms with Crippen LogP contribution in [0.1, 0.15) is 32.6 Å². The second-order valence-electron chi connectivity index (χ2n) is 4.64. The van der Waals surface area contributed by atoms with Gasteiger partial charge in [0.15, 0.2) is 0 Å². The van der Waals surface area contributed by atoms with Gasteiger partial charge < -0.3 is 10.6 Å².